The zero-order valence-electron chi connectivity index (χ0n) is 10.1. The molecule has 0 saturated carbocycles. The molecule has 1 atom stereocenters. The molecule has 0 saturated heterocycles. The van der Waals surface area contributed by atoms with E-state index in [4.69, 9.17) is 11.5 Å². The van der Waals surface area contributed by atoms with E-state index < -0.39 is 6.03 Å². The average molecular weight is 250 g/mol. The van der Waals surface area contributed by atoms with Gasteiger partial charge in [0.15, 0.2) is 0 Å². The zero-order valence-corrected chi connectivity index (χ0v) is 10.1. The minimum absolute atomic E-state index is 0.157. The van der Waals surface area contributed by atoms with Crippen LogP contribution in [-0.2, 0) is 4.79 Å². The van der Waals surface area contributed by atoms with E-state index in [9.17, 15) is 9.59 Å². The molecule has 6 nitrogen and oxygen atoms in total. The maximum Gasteiger partial charge on any atom is 0.312 e. The Bertz CT molecular complexity index is 394. The van der Waals surface area contributed by atoms with E-state index in [2.05, 4.69) is 10.6 Å². The third-order valence-corrected chi connectivity index (χ3v) is 2.48. The number of nitrogens with two attached hydrogens (primary N) is 2. The van der Waals surface area contributed by atoms with Gasteiger partial charge in [-0.2, -0.15) is 0 Å². The first-order valence-corrected chi connectivity index (χ1v) is 5.71. The third kappa shape index (κ3) is 4.42. The fourth-order valence-corrected chi connectivity index (χ4v) is 1.57. The molecule has 18 heavy (non-hydrogen) atoms. The van der Waals surface area contributed by atoms with Gasteiger partial charge in [-0.3, -0.25) is 4.79 Å². The third-order valence-electron chi connectivity index (χ3n) is 2.48. The van der Waals surface area contributed by atoms with Crippen LogP contribution in [-0.4, -0.2) is 31.6 Å². The fourth-order valence-electron chi connectivity index (χ4n) is 1.57. The number of carbonyl (C=O) groups is 2. The Labute approximate surface area is 106 Å². The topological polar surface area (TPSA) is 110 Å². The summed E-state index contributed by atoms with van der Waals surface area (Å²) in [6, 6.07) is 8.71. The molecule has 0 spiro atoms. The molecule has 0 aliphatic rings. The number of amides is 3. The number of rotatable bonds is 6. The predicted molar refractivity (Wildman–Crippen MR) is 68.8 cm³/mol. The molecule has 3 amide bonds. The number of urea groups is 1. The summed E-state index contributed by atoms with van der Waals surface area (Å²) in [6.07, 6.45) is 0. The van der Waals surface area contributed by atoms with Crippen LogP contribution in [0.15, 0.2) is 30.3 Å². The van der Waals surface area contributed by atoms with Crippen molar-refractivity contribution in [3.05, 3.63) is 35.9 Å². The van der Waals surface area contributed by atoms with Gasteiger partial charge in [-0.1, -0.05) is 30.3 Å². The maximum absolute atomic E-state index is 11.9. The summed E-state index contributed by atoms with van der Waals surface area (Å²) in [6.45, 7) is 0.858. The van der Waals surface area contributed by atoms with E-state index in [0.29, 0.717) is 13.1 Å². The second-order valence-corrected chi connectivity index (χ2v) is 3.78. The highest BCUT2D eigenvalue weighted by molar-refractivity contribution is 5.83. The summed E-state index contributed by atoms with van der Waals surface area (Å²) >= 11 is 0. The van der Waals surface area contributed by atoms with Gasteiger partial charge in [0.2, 0.25) is 5.91 Å². The largest absolute Gasteiger partial charge is 0.354 e. The van der Waals surface area contributed by atoms with Crippen LogP contribution in [0.5, 0.6) is 0 Å². The molecule has 0 heterocycles. The molecular weight excluding hydrogens is 232 g/mol. The maximum atomic E-state index is 11.9. The van der Waals surface area contributed by atoms with Gasteiger partial charge in [0.25, 0.3) is 0 Å². The van der Waals surface area contributed by atoms with Crippen molar-refractivity contribution in [3.63, 3.8) is 0 Å². The van der Waals surface area contributed by atoms with E-state index >= 15 is 0 Å². The Morgan fingerprint density at radius 1 is 1.11 bits per heavy atom. The van der Waals surface area contributed by atoms with Gasteiger partial charge in [0.05, 0.1) is 5.92 Å². The highest BCUT2D eigenvalue weighted by atomic mass is 16.2. The van der Waals surface area contributed by atoms with Crippen LogP contribution in [0.25, 0.3) is 0 Å². The molecule has 0 aliphatic carbocycles. The molecule has 1 aromatic carbocycles. The standard InChI is InChI=1S/C12H18N4O2/c13-8-10(9-4-2-1-3-5-9)11(17)15-6-7-16-12(14)18/h1-5,10H,6-8,13H2,(H,15,17)(H3,14,16,18). The van der Waals surface area contributed by atoms with Gasteiger partial charge in [0.1, 0.15) is 0 Å². The van der Waals surface area contributed by atoms with E-state index in [0.717, 1.165) is 5.56 Å². The average Bonchev–Trinajstić information content (AvgIpc) is 2.36. The highest BCUT2D eigenvalue weighted by Crippen LogP contribution is 2.13. The van der Waals surface area contributed by atoms with E-state index in [1.165, 1.54) is 0 Å². The Kier molecular flexibility index (Phi) is 5.66. The Balaban J connectivity index is 2.46. The van der Waals surface area contributed by atoms with Crippen molar-refractivity contribution in [3.8, 4) is 0 Å². The monoisotopic (exact) mass is 250 g/mol. The number of primary amides is 1. The second kappa shape index (κ2) is 7.29. The van der Waals surface area contributed by atoms with Gasteiger partial charge in [-0.25, -0.2) is 4.79 Å². The normalized spacial score (nSPS) is 11.6. The van der Waals surface area contributed by atoms with Crippen LogP contribution in [0.1, 0.15) is 11.5 Å². The molecule has 1 aromatic rings. The quantitative estimate of drug-likeness (QED) is 0.511. The lowest BCUT2D eigenvalue weighted by atomic mass is 9.98. The summed E-state index contributed by atoms with van der Waals surface area (Å²) in [5.41, 5.74) is 11.4. The molecule has 0 bridgehead atoms. The number of hydrogen-bond donors (Lipinski definition) is 4. The molecule has 1 rings (SSSR count). The predicted octanol–water partition coefficient (Wildman–Crippen LogP) is -0.487. The SMILES string of the molecule is NCC(C(=O)NCCNC(N)=O)c1ccccc1. The molecule has 98 valence electrons. The highest BCUT2D eigenvalue weighted by Gasteiger charge is 2.17. The first-order chi connectivity index (χ1) is 8.65. The molecule has 0 fully saturated rings. The van der Waals surface area contributed by atoms with Crippen LogP contribution < -0.4 is 22.1 Å². The second-order valence-electron chi connectivity index (χ2n) is 3.78. The van der Waals surface area contributed by atoms with Crippen molar-refractivity contribution in [2.75, 3.05) is 19.6 Å². The van der Waals surface area contributed by atoms with Gasteiger partial charge in [-0.15, -0.1) is 0 Å². The van der Waals surface area contributed by atoms with Crippen molar-refractivity contribution in [2.45, 2.75) is 5.92 Å². The Morgan fingerprint density at radius 3 is 2.28 bits per heavy atom. The molecule has 6 N–H and O–H groups in total. The number of hydrogen-bond acceptors (Lipinski definition) is 3. The summed E-state index contributed by atoms with van der Waals surface area (Å²) in [5, 5.41) is 5.09. The number of carbonyl (C=O) groups excluding carboxylic acids is 2. The van der Waals surface area contributed by atoms with Gasteiger partial charge >= 0.3 is 6.03 Å². The van der Waals surface area contributed by atoms with Crippen LogP contribution in [0.3, 0.4) is 0 Å². The van der Waals surface area contributed by atoms with Crippen LogP contribution in [0.2, 0.25) is 0 Å². The molecule has 0 radical (unpaired) electrons. The van der Waals surface area contributed by atoms with Crippen molar-refractivity contribution in [1.29, 1.82) is 0 Å². The zero-order chi connectivity index (χ0) is 13.4. The Morgan fingerprint density at radius 2 is 1.72 bits per heavy atom. The van der Waals surface area contributed by atoms with Gasteiger partial charge in [-0.05, 0) is 5.56 Å². The van der Waals surface area contributed by atoms with Crippen LogP contribution in [0, 0.1) is 0 Å². The van der Waals surface area contributed by atoms with E-state index in [1.807, 2.05) is 30.3 Å². The number of nitrogens with one attached hydrogen (secondary N) is 2. The van der Waals surface area contributed by atoms with Crippen molar-refractivity contribution < 1.29 is 9.59 Å². The summed E-state index contributed by atoms with van der Waals surface area (Å²) in [5.74, 6) is -0.533. The van der Waals surface area contributed by atoms with Crippen LogP contribution in [0.4, 0.5) is 4.79 Å². The summed E-state index contributed by atoms with van der Waals surface area (Å²) in [4.78, 5) is 22.3. The first-order valence-electron chi connectivity index (χ1n) is 5.71. The minimum Gasteiger partial charge on any atom is -0.354 e. The lowest BCUT2D eigenvalue weighted by Gasteiger charge is -2.15. The van der Waals surface area contributed by atoms with E-state index in [-0.39, 0.29) is 18.4 Å². The van der Waals surface area contributed by atoms with Gasteiger partial charge < -0.3 is 22.1 Å². The summed E-state index contributed by atoms with van der Waals surface area (Å²) in [7, 11) is 0. The van der Waals surface area contributed by atoms with Crippen molar-refractivity contribution in [2.24, 2.45) is 11.5 Å². The fraction of sp³-hybridized carbons (Fsp3) is 0.333. The molecule has 0 aliphatic heterocycles. The molecule has 6 heteroatoms. The van der Waals surface area contributed by atoms with Crippen LogP contribution >= 0.6 is 0 Å². The molecule has 0 aromatic heterocycles. The minimum atomic E-state index is -0.609. The van der Waals surface area contributed by atoms with Crippen molar-refractivity contribution >= 4 is 11.9 Å². The first kappa shape index (κ1) is 14.0. The smallest absolute Gasteiger partial charge is 0.312 e. The lowest BCUT2D eigenvalue weighted by molar-refractivity contribution is -0.122. The lowest BCUT2D eigenvalue weighted by Crippen LogP contribution is -2.40. The molecular formula is C12H18N4O2. The Hall–Kier alpha value is -2.08. The number of benzene rings is 1. The van der Waals surface area contributed by atoms with Gasteiger partial charge in [0, 0.05) is 19.6 Å². The van der Waals surface area contributed by atoms with Crippen molar-refractivity contribution in [1.82, 2.24) is 10.6 Å². The summed E-state index contributed by atoms with van der Waals surface area (Å²) < 4.78 is 0. The van der Waals surface area contributed by atoms with E-state index in [1.54, 1.807) is 0 Å². The molecule has 1 unspecified atom stereocenters.